The number of nitrogens with zero attached hydrogens (tertiary/aromatic N) is 4. The summed E-state index contributed by atoms with van der Waals surface area (Å²) in [4.78, 5) is 5.08. The Bertz CT molecular complexity index is 2420. The predicted molar refractivity (Wildman–Crippen MR) is 213 cm³/mol. The van der Waals surface area contributed by atoms with Crippen molar-refractivity contribution in [3.8, 4) is 11.1 Å². The van der Waals surface area contributed by atoms with Gasteiger partial charge in [-0.15, -0.1) is 0 Å². The van der Waals surface area contributed by atoms with Crippen LogP contribution < -0.4 is 9.80 Å². The lowest BCUT2D eigenvalue weighted by molar-refractivity contribution is 0.766. The summed E-state index contributed by atoms with van der Waals surface area (Å²) in [7, 11) is 0. The molecule has 0 saturated heterocycles. The highest BCUT2D eigenvalue weighted by atomic mass is 15.1. The Labute approximate surface area is 293 Å². The molecule has 8 aromatic rings. The van der Waals surface area contributed by atoms with E-state index in [1.165, 1.54) is 88.6 Å². The van der Waals surface area contributed by atoms with Crippen LogP contribution >= 0.6 is 0 Å². The molecule has 0 fully saturated rings. The second kappa shape index (κ2) is 11.6. The number of aromatic nitrogens is 2. The lowest BCUT2D eigenvalue weighted by Gasteiger charge is -2.33. The van der Waals surface area contributed by atoms with Gasteiger partial charge in [0.25, 0.3) is 0 Å². The second-order valence-electron chi connectivity index (χ2n) is 14.1. The monoisotopic (exact) mass is 650 g/mol. The quantitative estimate of drug-likeness (QED) is 0.184. The number of benzene rings is 6. The van der Waals surface area contributed by atoms with E-state index in [0.29, 0.717) is 0 Å². The number of rotatable bonds is 5. The van der Waals surface area contributed by atoms with Crippen molar-refractivity contribution in [1.29, 1.82) is 0 Å². The van der Waals surface area contributed by atoms with E-state index in [4.69, 9.17) is 0 Å². The molecule has 4 nitrogen and oxygen atoms in total. The Morgan fingerprint density at radius 3 is 1.34 bits per heavy atom. The molecule has 2 aliphatic rings. The molecule has 0 saturated carbocycles. The fraction of sp³-hybridized carbons (Fsp3) is 0.217. The van der Waals surface area contributed by atoms with Crippen LogP contribution in [-0.4, -0.2) is 22.2 Å². The molecule has 246 valence electrons. The van der Waals surface area contributed by atoms with E-state index in [1.54, 1.807) is 0 Å². The lowest BCUT2D eigenvalue weighted by Crippen LogP contribution is -2.24. The Morgan fingerprint density at radius 2 is 0.880 bits per heavy atom. The molecule has 0 unspecified atom stereocenters. The first-order valence-corrected chi connectivity index (χ1v) is 18.5. The number of para-hydroxylation sites is 2. The van der Waals surface area contributed by atoms with Gasteiger partial charge in [0.05, 0.1) is 0 Å². The highest BCUT2D eigenvalue weighted by Crippen LogP contribution is 2.42. The van der Waals surface area contributed by atoms with Crippen LogP contribution in [-0.2, 0) is 25.9 Å². The number of aryl methyl sites for hydroxylation is 4. The average molecular weight is 651 g/mol. The zero-order chi connectivity index (χ0) is 33.3. The van der Waals surface area contributed by atoms with Crippen LogP contribution in [0.2, 0.25) is 0 Å². The molecule has 0 aliphatic carbocycles. The first kappa shape index (κ1) is 29.4. The molecule has 2 aliphatic heterocycles. The zero-order valence-electron chi connectivity index (χ0n) is 29.0. The van der Waals surface area contributed by atoms with E-state index in [9.17, 15) is 0 Å². The van der Waals surface area contributed by atoms with Crippen molar-refractivity contribution in [2.45, 2.75) is 52.6 Å². The topological polar surface area (TPSA) is 16.3 Å². The molecule has 50 heavy (non-hydrogen) atoms. The van der Waals surface area contributed by atoms with Crippen molar-refractivity contribution in [2.24, 2.45) is 0 Å². The van der Waals surface area contributed by atoms with Crippen molar-refractivity contribution in [1.82, 2.24) is 9.13 Å². The van der Waals surface area contributed by atoms with Crippen LogP contribution in [0.1, 0.15) is 37.8 Å². The molecule has 6 aromatic carbocycles. The summed E-state index contributed by atoms with van der Waals surface area (Å²) in [6, 6.07) is 46.2. The summed E-state index contributed by atoms with van der Waals surface area (Å²) in [5, 5.41) is 5.38. The van der Waals surface area contributed by atoms with Crippen molar-refractivity contribution in [3.05, 3.63) is 132 Å². The molecule has 0 amide bonds. The minimum atomic E-state index is 0.973. The third kappa shape index (κ3) is 4.44. The minimum Gasteiger partial charge on any atom is -0.341 e. The lowest BCUT2D eigenvalue weighted by atomic mass is 9.92. The van der Waals surface area contributed by atoms with Crippen molar-refractivity contribution < 1.29 is 0 Å². The normalized spacial score (nSPS) is 14.6. The van der Waals surface area contributed by atoms with Gasteiger partial charge in [-0.1, -0.05) is 48.5 Å². The predicted octanol–water partition coefficient (Wildman–Crippen LogP) is 11.8. The Hall–Kier alpha value is -5.48. The van der Waals surface area contributed by atoms with Crippen LogP contribution in [0.4, 0.5) is 22.7 Å². The summed E-state index contributed by atoms with van der Waals surface area (Å²) in [5.41, 5.74) is 16.1. The van der Waals surface area contributed by atoms with Crippen LogP contribution in [0.25, 0.3) is 54.7 Å². The van der Waals surface area contributed by atoms with Gasteiger partial charge in [-0.25, -0.2) is 0 Å². The standard InChI is InChI=1S/C46H42N4/c1-3-47-43-15-7-5-13-37(43)39-29-35(19-23-45(39)47)49-25-9-11-33-27-31(17-21-41(33)49)32-18-22-42-34(28-32)12-10-26-50(42)36-20-24-46-40(30-36)38-14-6-8-16-44(38)48(46)4-2/h5-8,13-24,27-30H,3-4,9-12,25-26H2,1-2H3. The van der Waals surface area contributed by atoms with E-state index in [-0.39, 0.29) is 0 Å². The number of anilines is 4. The SMILES string of the molecule is CCn1c2ccccc2c2cc(N3CCCc4cc(-c5ccc6c(c5)CCCN6c5ccc6c(c5)c5ccccc5n6CC)ccc43)ccc21. The van der Waals surface area contributed by atoms with E-state index in [2.05, 4.69) is 154 Å². The van der Waals surface area contributed by atoms with Crippen LogP contribution in [0, 0.1) is 0 Å². The van der Waals surface area contributed by atoms with Gasteiger partial charge in [-0.3, -0.25) is 0 Å². The van der Waals surface area contributed by atoms with Gasteiger partial charge in [0.1, 0.15) is 0 Å². The summed E-state index contributed by atoms with van der Waals surface area (Å²) in [6.45, 7) is 8.52. The molecule has 10 rings (SSSR count). The van der Waals surface area contributed by atoms with Crippen molar-refractivity contribution in [2.75, 3.05) is 22.9 Å². The van der Waals surface area contributed by atoms with Gasteiger partial charge in [-0.05, 0) is 135 Å². The van der Waals surface area contributed by atoms with Gasteiger partial charge in [-0.2, -0.15) is 0 Å². The van der Waals surface area contributed by atoms with Crippen LogP contribution in [0.5, 0.6) is 0 Å². The second-order valence-corrected chi connectivity index (χ2v) is 14.1. The fourth-order valence-corrected chi connectivity index (χ4v) is 9.19. The average Bonchev–Trinajstić information content (AvgIpc) is 3.68. The highest BCUT2D eigenvalue weighted by Gasteiger charge is 2.23. The molecular formula is C46H42N4. The van der Waals surface area contributed by atoms with E-state index >= 15 is 0 Å². The van der Waals surface area contributed by atoms with Crippen LogP contribution in [0.15, 0.2) is 121 Å². The maximum Gasteiger partial charge on any atom is 0.0492 e. The molecular weight excluding hydrogens is 609 g/mol. The Kier molecular flexibility index (Phi) is 6.80. The number of hydrogen-bond acceptors (Lipinski definition) is 2. The maximum atomic E-state index is 2.54. The van der Waals surface area contributed by atoms with Crippen molar-refractivity contribution in [3.63, 3.8) is 0 Å². The fourth-order valence-electron chi connectivity index (χ4n) is 9.19. The first-order valence-electron chi connectivity index (χ1n) is 18.5. The van der Waals surface area contributed by atoms with Crippen LogP contribution in [0.3, 0.4) is 0 Å². The van der Waals surface area contributed by atoms with Gasteiger partial charge in [0.2, 0.25) is 0 Å². The van der Waals surface area contributed by atoms with E-state index in [0.717, 1.165) is 51.9 Å². The van der Waals surface area contributed by atoms with Gasteiger partial charge in [0.15, 0.2) is 0 Å². The van der Waals surface area contributed by atoms with E-state index in [1.807, 2.05) is 0 Å². The van der Waals surface area contributed by atoms with E-state index < -0.39 is 0 Å². The number of fused-ring (bicyclic) bond motifs is 8. The molecule has 0 radical (unpaired) electrons. The molecule has 4 heteroatoms. The molecule has 4 heterocycles. The van der Waals surface area contributed by atoms with Crippen molar-refractivity contribution >= 4 is 66.4 Å². The molecule has 2 aromatic heterocycles. The maximum absolute atomic E-state index is 2.54. The van der Waals surface area contributed by atoms with Gasteiger partial charge < -0.3 is 18.9 Å². The molecule has 0 spiro atoms. The summed E-state index contributed by atoms with van der Waals surface area (Å²) in [6.07, 6.45) is 4.55. The van der Waals surface area contributed by atoms with Gasteiger partial charge in [0, 0.05) is 92.5 Å². The minimum absolute atomic E-state index is 0.973. The van der Waals surface area contributed by atoms with Gasteiger partial charge >= 0.3 is 0 Å². The smallest absolute Gasteiger partial charge is 0.0492 e. The largest absolute Gasteiger partial charge is 0.341 e. The first-order chi connectivity index (χ1) is 24.7. The summed E-state index contributed by atoms with van der Waals surface area (Å²) < 4.78 is 4.88. The Balaban J connectivity index is 0.981. The third-order valence-corrected chi connectivity index (χ3v) is 11.5. The molecule has 0 bridgehead atoms. The Morgan fingerprint density at radius 1 is 0.440 bits per heavy atom. The number of hydrogen-bond donors (Lipinski definition) is 0. The molecule has 0 atom stereocenters. The summed E-state index contributed by atoms with van der Waals surface area (Å²) in [5.74, 6) is 0. The third-order valence-electron chi connectivity index (χ3n) is 11.5. The highest BCUT2D eigenvalue weighted by molar-refractivity contribution is 6.10. The zero-order valence-corrected chi connectivity index (χ0v) is 29.0. The summed E-state index contributed by atoms with van der Waals surface area (Å²) >= 11 is 0. The molecule has 0 N–H and O–H groups in total.